The van der Waals surface area contributed by atoms with E-state index < -0.39 is 0 Å². The SMILES string of the molecule is CC(C)(C)N1CC(CO)COC1=O. The standard InChI is InChI=1S/C9H17NO3/c1-9(2,3)10-4-7(5-11)6-13-8(10)12/h7,11H,4-6H2,1-3H3. The molecule has 1 saturated heterocycles. The first-order valence-electron chi connectivity index (χ1n) is 4.50. The van der Waals surface area contributed by atoms with E-state index in [1.807, 2.05) is 20.8 Å². The zero-order chi connectivity index (χ0) is 10.1. The summed E-state index contributed by atoms with van der Waals surface area (Å²) in [5.41, 5.74) is -0.231. The first-order valence-corrected chi connectivity index (χ1v) is 4.50. The zero-order valence-electron chi connectivity index (χ0n) is 8.41. The van der Waals surface area contributed by atoms with E-state index in [0.717, 1.165) is 0 Å². The molecule has 0 spiro atoms. The van der Waals surface area contributed by atoms with Crippen LogP contribution in [0, 0.1) is 5.92 Å². The molecule has 76 valence electrons. The van der Waals surface area contributed by atoms with Gasteiger partial charge < -0.3 is 14.7 Å². The Morgan fingerprint density at radius 2 is 2.23 bits per heavy atom. The fourth-order valence-corrected chi connectivity index (χ4v) is 1.31. The highest BCUT2D eigenvalue weighted by Crippen LogP contribution is 2.20. The second-order valence-corrected chi connectivity index (χ2v) is 4.41. The Bertz CT molecular complexity index is 198. The Labute approximate surface area is 78.5 Å². The number of rotatable bonds is 1. The van der Waals surface area contributed by atoms with E-state index in [1.165, 1.54) is 0 Å². The molecule has 13 heavy (non-hydrogen) atoms. The van der Waals surface area contributed by atoms with Gasteiger partial charge in [-0.3, -0.25) is 0 Å². The van der Waals surface area contributed by atoms with Crippen LogP contribution in [0.5, 0.6) is 0 Å². The number of ether oxygens (including phenoxy) is 1. The molecule has 1 unspecified atom stereocenters. The molecule has 0 radical (unpaired) electrons. The lowest BCUT2D eigenvalue weighted by molar-refractivity contribution is -0.00487. The van der Waals surface area contributed by atoms with E-state index in [2.05, 4.69) is 0 Å². The van der Waals surface area contributed by atoms with Gasteiger partial charge in [-0.2, -0.15) is 0 Å². The van der Waals surface area contributed by atoms with Gasteiger partial charge in [0.1, 0.15) is 0 Å². The van der Waals surface area contributed by atoms with Gasteiger partial charge in [-0.15, -0.1) is 0 Å². The lowest BCUT2D eigenvalue weighted by Crippen LogP contribution is -2.53. The molecule has 1 fully saturated rings. The summed E-state index contributed by atoms with van der Waals surface area (Å²) in [5.74, 6) is 0.0527. The minimum Gasteiger partial charge on any atom is -0.449 e. The van der Waals surface area contributed by atoms with Crippen LogP contribution in [0.1, 0.15) is 20.8 Å². The molecule has 1 rings (SSSR count). The molecular formula is C9H17NO3. The zero-order valence-corrected chi connectivity index (χ0v) is 8.41. The van der Waals surface area contributed by atoms with Crippen LogP contribution in [-0.4, -0.2) is 41.4 Å². The summed E-state index contributed by atoms with van der Waals surface area (Å²) in [6.07, 6.45) is -0.280. The molecule has 0 aromatic heterocycles. The van der Waals surface area contributed by atoms with E-state index >= 15 is 0 Å². The summed E-state index contributed by atoms with van der Waals surface area (Å²) in [5, 5.41) is 8.94. The monoisotopic (exact) mass is 187 g/mol. The molecule has 0 aliphatic carbocycles. The number of aliphatic hydroxyl groups is 1. The second-order valence-electron chi connectivity index (χ2n) is 4.41. The van der Waals surface area contributed by atoms with Crippen LogP contribution >= 0.6 is 0 Å². The van der Waals surface area contributed by atoms with Crippen molar-refractivity contribution in [1.29, 1.82) is 0 Å². The summed E-state index contributed by atoms with van der Waals surface area (Å²) >= 11 is 0. The van der Waals surface area contributed by atoms with Crippen LogP contribution in [0.3, 0.4) is 0 Å². The first-order chi connectivity index (χ1) is 5.95. The van der Waals surface area contributed by atoms with Crippen LogP contribution < -0.4 is 0 Å². The molecule has 1 atom stereocenters. The van der Waals surface area contributed by atoms with Crippen molar-refractivity contribution < 1.29 is 14.6 Å². The summed E-state index contributed by atoms with van der Waals surface area (Å²) in [6, 6.07) is 0. The predicted octanol–water partition coefficient (Wildman–Crippen LogP) is 0.846. The van der Waals surface area contributed by atoms with Crippen LogP contribution in [0.2, 0.25) is 0 Å². The van der Waals surface area contributed by atoms with Crippen molar-refractivity contribution in [2.45, 2.75) is 26.3 Å². The highest BCUT2D eigenvalue weighted by molar-refractivity contribution is 5.69. The normalized spacial score (nSPS) is 24.5. The van der Waals surface area contributed by atoms with Gasteiger partial charge >= 0.3 is 6.09 Å². The molecule has 0 aromatic rings. The van der Waals surface area contributed by atoms with Gasteiger partial charge in [-0.1, -0.05) is 0 Å². The van der Waals surface area contributed by atoms with Gasteiger partial charge in [0, 0.05) is 18.0 Å². The van der Waals surface area contributed by atoms with E-state index in [9.17, 15) is 4.79 Å². The van der Waals surface area contributed by atoms with Gasteiger partial charge in [-0.25, -0.2) is 4.79 Å². The Hall–Kier alpha value is -0.770. The van der Waals surface area contributed by atoms with Crippen molar-refractivity contribution >= 4 is 6.09 Å². The van der Waals surface area contributed by atoms with Crippen molar-refractivity contribution in [3.8, 4) is 0 Å². The maximum atomic E-state index is 11.3. The Morgan fingerprint density at radius 3 is 2.69 bits per heavy atom. The number of aliphatic hydroxyl groups excluding tert-OH is 1. The minimum absolute atomic E-state index is 0.0527. The van der Waals surface area contributed by atoms with Crippen LogP contribution in [0.15, 0.2) is 0 Å². The Kier molecular flexibility index (Phi) is 2.81. The molecule has 4 heteroatoms. The molecule has 1 aliphatic heterocycles. The average Bonchev–Trinajstić information content (AvgIpc) is 2.03. The summed E-state index contributed by atoms with van der Waals surface area (Å²) in [4.78, 5) is 13.0. The molecule has 1 amide bonds. The van der Waals surface area contributed by atoms with Crippen LogP contribution in [0.25, 0.3) is 0 Å². The average molecular weight is 187 g/mol. The lowest BCUT2D eigenvalue weighted by Gasteiger charge is -2.40. The molecule has 1 aliphatic rings. The van der Waals surface area contributed by atoms with Crippen molar-refractivity contribution in [2.24, 2.45) is 5.92 Å². The maximum Gasteiger partial charge on any atom is 0.410 e. The van der Waals surface area contributed by atoms with Crippen LogP contribution in [-0.2, 0) is 4.74 Å². The van der Waals surface area contributed by atoms with Gasteiger partial charge in [0.25, 0.3) is 0 Å². The van der Waals surface area contributed by atoms with Gasteiger partial charge in [-0.05, 0) is 20.8 Å². The first kappa shape index (κ1) is 10.3. The fourth-order valence-electron chi connectivity index (χ4n) is 1.31. The molecule has 1 heterocycles. The van der Waals surface area contributed by atoms with Crippen molar-refractivity contribution in [1.82, 2.24) is 4.90 Å². The topological polar surface area (TPSA) is 49.8 Å². The summed E-state index contributed by atoms with van der Waals surface area (Å²) < 4.78 is 4.95. The largest absolute Gasteiger partial charge is 0.449 e. The maximum absolute atomic E-state index is 11.3. The summed E-state index contributed by atoms with van der Waals surface area (Å²) in [6.45, 7) is 6.84. The van der Waals surface area contributed by atoms with E-state index in [4.69, 9.17) is 9.84 Å². The Balaban J connectivity index is 2.66. The van der Waals surface area contributed by atoms with Crippen molar-refractivity contribution in [3.05, 3.63) is 0 Å². The van der Waals surface area contributed by atoms with E-state index in [0.29, 0.717) is 13.2 Å². The number of carbonyl (C=O) groups excluding carboxylic acids is 1. The highest BCUT2D eigenvalue weighted by atomic mass is 16.6. The van der Waals surface area contributed by atoms with Gasteiger partial charge in [0.15, 0.2) is 0 Å². The van der Waals surface area contributed by atoms with Gasteiger partial charge in [0.05, 0.1) is 13.2 Å². The third kappa shape index (κ3) is 2.34. The lowest BCUT2D eigenvalue weighted by atomic mass is 10.0. The number of hydrogen-bond acceptors (Lipinski definition) is 3. The smallest absolute Gasteiger partial charge is 0.410 e. The molecule has 1 N–H and O–H groups in total. The number of nitrogens with zero attached hydrogens (tertiary/aromatic N) is 1. The van der Waals surface area contributed by atoms with E-state index in [-0.39, 0.29) is 24.2 Å². The van der Waals surface area contributed by atoms with Crippen LogP contribution in [0.4, 0.5) is 4.79 Å². The van der Waals surface area contributed by atoms with Gasteiger partial charge in [0.2, 0.25) is 0 Å². The third-order valence-corrected chi connectivity index (χ3v) is 2.17. The third-order valence-electron chi connectivity index (χ3n) is 2.17. The van der Waals surface area contributed by atoms with E-state index in [1.54, 1.807) is 4.90 Å². The number of carbonyl (C=O) groups is 1. The Morgan fingerprint density at radius 1 is 1.62 bits per heavy atom. The van der Waals surface area contributed by atoms with Crippen molar-refractivity contribution in [3.63, 3.8) is 0 Å². The molecule has 0 aromatic carbocycles. The van der Waals surface area contributed by atoms with Crippen molar-refractivity contribution in [2.75, 3.05) is 19.8 Å². The minimum atomic E-state index is -0.280. The second kappa shape index (κ2) is 3.54. The highest BCUT2D eigenvalue weighted by Gasteiger charge is 2.34. The number of amides is 1. The molecule has 0 bridgehead atoms. The number of cyclic esters (lactones) is 1. The molecule has 0 saturated carbocycles. The fraction of sp³-hybridized carbons (Fsp3) is 0.889. The molecular weight excluding hydrogens is 170 g/mol. The number of hydrogen-bond donors (Lipinski definition) is 1. The predicted molar refractivity (Wildman–Crippen MR) is 48.4 cm³/mol. The summed E-state index contributed by atoms with van der Waals surface area (Å²) in [7, 11) is 0. The molecule has 4 nitrogen and oxygen atoms in total. The quantitative estimate of drug-likeness (QED) is 0.662.